The first-order valence-corrected chi connectivity index (χ1v) is 9.80. The molecule has 0 radical (unpaired) electrons. The molecule has 0 aromatic heterocycles. The Bertz CT molecular complexity index is 834. The summed E-state index contributed by atoms with van der Waals surface area (Å²) in [5.74, 6) is 0.155. The number of rotatable bonds is 10. The third-order valence-electron chi connectivity index (χ3n) is 4.90. The van der Waals surface area contributed by atoms with Crippen LogP contribution in [0, 0.1) is 0 Å². The Morgan fingerprint density at radius 1 is 0.786 bits per heavy atom. The van der Waals surface area contributed by atoms with E-state index < -0.39 is 6.10 Å². The van der Waals surface area contributed by atoms with Crippen molar-refractivity contribution in [2.24, 2.45) is 0 Å². The molecule has 3 aromatic carbocycles. The van der Waals surface area contributed by atoms with Crippen molar-refractivity contribution in [2.75, 3.05) is 13.1 Å². The number of carbonyl (C=O) groups excluding carboxylic acids is 1. The van der Waals surface area contributed by atoms with Gasteiger partial charge in [-0.05, 0) is 17.5 Å². The highest BCUT2D eigenvalue weighted by molar-refractivity contribution is 5.96. The van der Waals surface area contributed by atoms with Gasteiger partial charge in [0.25, 0.3) is 0 Å². The molecule has 0 fully saturated rings. The topological polar surface area (TPSA) is 40.5 Å². The number of aliphatic hydroxyl groups is 1. The Morgan fingerprint density at radius 3 is 2.00 bits per heavy atom. The van der Waals surface area contributed by atoms with Crippen molar-refractivity contribution in [3.8, 4) is 0 Å². The summed E-state index contributed by atoms with van der Waals surface area (Å²) in [7, 11) is 0. The number of nitrogens with zero attached hydrogens (tertiary/aromatic N) is 1. The van der Waals surface area contributed by atoms with Gasteiger partial charge in [-0.25, -0.2) is 0 Å². The van der Waals surface area contributed by atoms with Gasteiger partial charge in [0.05, 0.1) is 6.10 Å². The van der Waals surface area contributed by atoms with Crippen LogP contribution in [0.15, 0.2) is 91.0 Å². The van der Waals surface area contributed by atoms with Gasteiger partial charge in [-0.1, -0.05) is 91.0 Å². The number of hydrogen-bond donors (Lipinski definition) is 1. The standard InChI is InChI=1S/C25H27NO2/c27-24(22-12-6-2-7-13-22)16-18-26(20-21-10-4-1-5-11-21)19-17-25(28)23-14-8-3-9-15-23/h1-15,24,27H,16-20H2/t24-/m1/s1. The van der Waals surface area contributed by atoms with Gasteiger partial charge in [0, 0.05) is 31.6 Å². The summed E-state index contributed by atoms with van der Waals surface area (Å²) in [4.78, 5) is 14.7. The maximum atomic E-state index is 12.5. The van der Waals surface area contributed by atoms with E-state index in [4.69, 9.17) is 0 Å². The summed E-state index contributed by atoms with van der Waals surface area (Å²) in [6, 6.07) is 29.4. The van der Waals surface area contributed by atoms with Gasteiger partial charge in [0.15, 0.2) is 5.78 Å². The van der Waals surface area contributed by atoms with Crippen LogP contribution in [0.1, 0.15) is 40.4 Å². The largest absolute Gasteiger partial charge is 0.388 e. The van der Waals surface area contributed by atoms with Crippen LogP contribution < -0.4 is 0 Å². The van der Waals surface area contributed by atoms with Crippen LogP contribution in [0.4, 0.5) is 0 Å². The van der Waals surface area contributed by atoms with Crippen LogP contribution in [0.5, 0.6) is 0 Å². The van der Waals surface area contributed by atoms with Crippen LogP contribution in [0.2, 0.25) is 0 Å². The highest BCUT2D eigenvalue weighted by atomic mass is 16.3. The van der Waals surface area contributed by atoms with Gasteiger partial charge < -0.3 is 5.11 Å². The summed E-state index contributed by atoms with van der Waals surface area (Å²) in [6.45, 7) is 2.17. The van der Waals surface area contributed by atoms with Crippen molar-refractivity contribution in [2.45, 2.75) is 25.5 Å². The van der Waals surface area contributed by atoms with Crippen LogP contribution in [-0.4, -0.2) is 28.9 Å². The molecule has 0 unspecified atom stereocenters. The van der Waals surface area contributed by atoms with E-state index in [0.29, 0.717) is 19.4 Å². The molecule has 1 N–H and O–H groups in total. The van der Waals surface area contributed by atoms with Gasteiger partial charge >= 0.3 is 0 Å². The molecular weight excluding hydrogens is 346 g/mol. The minimum atomic E-state index is -0.496. The average Bonchev–Trinajstić information content (AvgIpc) is 2.77. The maximum Gasteiger partial charge on any atom is 0.164 e. The Hall–Kier alpha value is -2.75. The molecule has 0 aliphatic carbocycles. The molecule has 0 bridgehead atoms. The summed E-state index contributed by atoms with van der Waals surface area (Å²) >= 11 is 0. The zero-order valence-electron chi connectivity index (χ0n) is 16.1. The molecule has 3 nitrogen and oxygen atoms in total. The Labute approximate surface area is 167 Å². The van der Waals surface area contributed by atoms with Gasteiger partial charge in [-0.2, -0.15) is 0 Å². The predicted octanol–water partition coefficient (Wildman–Crippen LogP) is 4.89. The van der Waals surface area contributed by atoms with E-state index in [1.165, 1.54) is 5.56 Å². The van der Waals surface area contributed by atoms with E-state index in [0.717, 1.165) is 24.2 Å². The molecule has 3 heteroatoms. The second kappa shape index (κ2) is 10.5. The van der Waals surface area contributed by atoms with Crippen molar-refractivity contribution >= 4 is 5.78 Å². The van der Waals surface area contributed by atoms with E-state index in [-0.39, 0.29) is 5.78 Å². The lowest BCUT2D eigenvalue weighted by Crippen LogP contribution is -2.28. The molecule has 3 rings (SSSR count). The van der Waals surface area contributed by atoms with E-state index in [2.05, 4.69) is 17.0 Å². The lowest BCUT2D eigenvalue weighted by molar-refractivity contribution is 0.0951. The highest BCUT2D eigenvalue weighted by Gasteiger charge is 2.14. The molecule has 1 atom stereocenters. The number of Topliss-reactive ketones (excluding diaryl/α,β-unsaturated/α-hetero) is 1. The average molecular weight is 373 g/mol. The Balaban J connectivity index is 1.60. The minimum Gasteiger partial charge on any atom is -0.388 e. The second-order valence-electron chi connectivity index (χ2n) is 7.02. The zero-order chi connectivity index (χ0) is 19.6. The molecule has 0 heterocycles. The van der Waals surface area contributed by atoms with Gasteiger partial charge in [0.2, 0.25) is 0 Å². The first-order valence-electron chi connectivity index (χ1n) is 9.80. The van der Waals surface area contributed by atoms with Crippen LogP contribution in [-0.2, 0) is 6.54 Å². The molecule has 3 aromatic rings. The van der Waals surface area contributed by atoms with E-state index in [1.54, 1.807) is 0 Å². The number of hydrogen-bond acceptors (Lipinski definition) is 3. The molecule has 144 valence electrons. The lowest BCUT2D eigenvalue weighted by Gasteiger charge is -2.24. The smallest absolute Gasteiger partial charge is 0.164 e. The number of benzene rings is 3. The second-order valence-corrected chi connectivity index (χ2v) is 7.02. The van der Waals surface area contributed by atoms with Crippen molar-refractivity contribution in [1.29, 1.82) is 0 Å². The van der Waals surface area contributed by atoms with E-state index in [9.17, 15) is 9.90 Å². The highest BCUT2D eigenvalue weighted by Crippen LogP contribution is 2.17. The Kier molecular flexibility index (Phi) is 7.53. The quantitative estimate of drug-likeness (QED) is 0.515. The molecule has 28 heavy (non-hydrogen) atoms. The van der Waals surface area contributed by atoms with Gasteiger partial charge in [-0.15, -0.1) is 0 Å². The summed E-state index contributed by atoms with van der Waals surface area (Å²) < 4.78 is 0. The fourth-order valence-corrected chi connectivity index (χ4v) is 3.29. The molecular formula is C25H27NO2. The SMILES string of the molecule is O=C(CCN(CC[C@@H](O)c1ccccc1)Cc1ccccc1)c1ccccc1. The molecule has 0 spiro atoms. The summed E-state index contributed by atoms with van der Waals surface area (Å²) in [5.41, 5.74) is 2.90. The van der Waals surface area contributed by atoms with Crippen molar-refractivity contribution in [1.82, 2.24) is 4.90 Å². The van der Waals surface area contributed by atoms with Crippen molar-refractivity contribution in [3.63, 3.8) is 0 Å². The van der Waals surface area contributed by atoms with Crippen LogP contribution in [0.3, 0.4) is 0 Å². The van der Waals surface area contributed by atoms with Crippen molar-refractivity contribution < 1.29 is 9.90 Å². The number of carbonyl (C=O) groups is 1. The van der Waals surface area contributed by atoms with Gasteiger partial charge in [-0.3, -0.25) is 9.69 Å². The normalized spacial score (nSPS) is 12.1. The van der Waals surface area contributed by atoms with Crippen LogP contribution >= 0.6 is 0 Å². The lowest BCUT2D eigenvalue weighted by atomic mass is 10.1. The summed E-state index contributed by atoms with van der Waals surface area (Å²) in [6.07, 6.45) is 0.610. The van der Waals surface area contributed by atoms with Crippen LogP contribution in [0.25, 0.3) is 0 Å². The van der Waals surface area contributed by atoms with Crippen molar-refractivity contribution in [3.05, 3.63) is 108 Å². The van der Waals surface area contributed by atoms with E-state index >= 15 is 0 Å². The third kappa shape index (κ3) is 6.15. The number of ketones is 1. The molecule has 0 aliphatic rings. The fourth-order valence-electron chi connectivity index (χ4n) is 3.29. The molecule has 0 amide bonds. The number of aliphatic hydroxyl groups excluding tert-OH is 1. The van der Waals surface area contributed by atoms with Gasteiger partial charge in [0.1, 0.15) is 0 Å². The Morgan fingerprint density at radius 2 is 1.36 bits per heavy atom. The summed E-state index contributed by atoms with van der Waals surface area (Å²) in [5, 5.41) is 10.5. The monoisotopic (exact) mass is 373 g/mol. The maximum absolute atomic E-state index is 12.5. The zero-order valence-corrected chi connectivity index (χ0v) is 16.1. The molecule has 0 saturated heterocycles. The van der Waals surface area contributed by atoms with E-state index in [1.807, 2.05) is 78.9 Å². The fraction of sp³-hybridized carbons (Fsp3) is 0.240. The third-order valence-corrected chi connectivity index (χ3v) is 4.90. The first kappa shape index (κ1) is 20.0. The predicted molar refractivity (Wildman–Crippen MR) is 113 cm³/mol. The molecule has 0 saturated carbocycles. The first-order chi connectivity index (χ1) is 13.7. The molecule has 0 aliphatic heterocycles. The minimum absolute atomic E-state index is 0.155.